The first-order valence-corrected chi connectivity index (χ1v) is 4.83. The lowest BCUT2D eigenvalue weighted by Crippen LogP contribution is -2.12. The molecule has 0 saturated heterocycles. The Morgan fingerprint density at radius 1 is 1.71 bits per heavy atom. The third-order valence-corrected chi connectivity index (χ3v) is 2.98. The standard InChI is InChI=1S/C11H13NO2/c1-7(11(13)14)9-5-10(9)8-3-2-4-12-6-8/h2-4,6-7,9-10H,5H2,1H3,(H,13,14). The van der Waals surface area contributed by atoms with Crippen molar-refractivity contribution in [3.05, 3.63) is 30.1 Å². The third-order valence-electron chi connectivity index (χ3n) is 2.98. The topological polar surface area (TPSA) is 50.2 Å². The van der Waals surface area contributed by atoms with Crippen LogP contribution in [0, 0.1) is 11.8 Å². The van der Waals surface area contributed by atoms with Crippen molar-refractivity contribution in [2.75, 3.05) is 0 Å². The van der Waals surface area contributed by atoms with Crippen molar-refractivity contribution in [1.29, 1.82) is 0 Å². The van der Waals surface area contributed by atoms with E-state index in [4.69, 9.17) is 5.11 Å². The SMILES string of the molecule is CC(C(=O)O)C1CC1c1cccnc1. The molecular formula is C11H13NO2. The smallest absolute Gasteiger partial charge is 0.306 e. The van der Waals surface area contributed by atoms with E-state index >= 15 is 0 Å². The van der Waals surface area contributed by atoms with E-state index < -0.39 is 5.97 Å². The molecule has 14 heavy (non-hydrogen) atoms. The highest BCUT2D eigenvalue weighted by molar-refractivity contribution is 5.70. The number of nitrogens with zero attached hydrogens (tertiary/aromatic N) is 1. The molecule has 3 nitrogen and oxygen atoms in total. The maximum atomic E-state index is 10.7. The molecular weight excluding hydrogens is 178 g/mol. The van der Waals surface area contributed by atoms with Crippen LogP contribution in [0.5, 0.6) is 0 Å². The Bertz CT molecular complexity index is 336. The van der Waals surface area contributed by atoms with E-state index in [1.807, 2.05) is 18.3 Å². The van der Waals surface area contributed by atoms with E-state index in [0.717, 1.165) is 6.42 Å². The molecule has 1 N–H and O–H groups in total. The monoisotopic (exact) mass is 191 g/mol. The van der Waals surface area contributed by atoms with Gasteiger partial charge in [-0.05, 0) is 29.9 Å². The molecule has 1 aromatic rings. The molecule has 0 spiro atoms. The van der Waals surface area contributed by atoms with Crippen LogP contribution in [0.4, 0.5) is 0 Å². The van der Waals surface area contributed by atoms with Gasteiger partial charge in [-0.2, -0.15) is 0 Å². The molecule has 1 heterocycles. The molecule has 3 unspecified atom stereocenters. The highest BCUT2D eigenvalue weighted by atomic mass is 16.4. The second kappa shape index (κ2) is 3.40. The summed E-state index contributed by atoms with van der Waals surface area (Å²) >= 11 is 0. The highest BCUT2D eigenvalue weighted by Crippen LogP contribution is 2.51. The molecule has 1 fully saturated rings. The number of carboxylic acid groups (broad SMARTS) is 1. The summed E-state index contributed by atoms with van der Waals surface area (Å²) in [6.45, 7) is 1.78. The van der Waals surface area contributed by atoms with Crippen LogP contribution in [0.1, 0.15) is 24.8 Å². The molecule has 1 aliphatic carbocycles. The average Bonchev–Trinajstić information content (AvgIpc) is 2.97. The molecule has 1 aliphatic rings. The van der Waals surface area contributed by atoms with Gasteiger partial charge in [-0.15, -0.1) is 0 Å². The Kier molecular flexibility index (Phi) is 2.23. The summed E-state index contributed by atoms with van der Waals surface area (Å²) in [5.74, 6) is -0.215. The zero-order valence-corrected chi connectivity index (χ0v) is 8.05. The summed E-state index contributed by atoms with van der Waals surface area (Å²) in [6, 6.07) is 3.92. The molecule has 74 valence electrons. The second-order valence-electron chi connectivity index (χ2n) is 3.92. The van der Waals surface area contributed by atoms with Crippen LogP contribution in [0.15, 0.2) is 24.5 Å². The number of pyridine rings is 1. The molecule has 1 aromatic heterocycles. The first kappa shape index (κ1) is 9.19. The van der Waals surface area contributed by atoms with Crippen molar-refractivity contribution in [2.45, 2.75) is 19.3 Å². The van der Waals surface area contributed by atoms with Crippen LogP contribution in [0.3, 0.4) is 0 Å². The van der Waals surface area contributed by atoms with Gasteiger partial charge in [0.15, 0.2) is 0 Å². The van der Waals surface area contributed by atoms with Crippen molar-refractivity contribution in [3.63, 3.8) is 0 Å². The Morgan fingerprint density at radius 2 is 2.50 bits per heavy atom. The minimum atomic E-state index is -0.693. The summed E-state index contributed by atoms with van der Waals surface area (Å²) in [5.41, 5.74) is 1.17. The molecule has 0 radical (unpaired) electrons. The highest BCUT2D eigenvalue weighted by Gasteiger charge is 2.44. The van der Waals surface area contributed by atoms with Gasteiger partial charge in [0.1, 0.15) is 0 Å². The number of aliphatic carboxylic acids is 1. The second-order valence-corrected chi connectivity index (χ2v) is 3.92. The molecule has 3 atom stereocenters. The fourth-order valence-corrected chi connectivity index (χ4v) is 1.93. The molecule has 0 aliphatic heterocycles. The first-order chi connectivity index (χ1) is 6.70. The van der Waals surface area contributed by atoms with Crippen LogP contribution in [0.25, 0.3) is 0 Å². The number of hydrogen-bond donors (Lipinski definition) is 1. The predicted molar refractivity (Wildman–Crippen MR) is 51.9 cm³/mol. The fraction of sp³-hybridized carbons (Fsp3) is 0.455. The van der Waals surface area contributed by atoms with Gasteiger partial charge in [-0.3, -0.25) is 9.78 Å². The number of hydrogen-bond acceptors (Lipinski definition) is 2. The van der Waals surface area contributed by atoms with Gasteiger partial charge < -0.3 is 5.11 Å². The van der Waals surface area contributed by atoms with E-state index in [1.54, 1.807) is 13.1 Å². The Labute approximate surface area is 82.8 Å². The van der Waals surface area contributed by atoms with Crippen LogP contribution >= 0.6 is 0 Å². The minimum Gasteiger partial charge on any atom is -0.481 e. The molecule has 0 amide bonds. The van der Waals surface area contributed by atoms with E-state index in [1.165, 1.54) is 5.56 Å². The Hall–Kier alpha value is -1.38. The average molecular weight is 191 g/mol. The molecule has 1 saturated carbocycles. The lowest BCUT2D eigenvalue weighted by molar-refractivity contribution is -0.141. The van der Waals surface area contributed by atoms with Crippen molar-refractivity contribution >= 4 is 5.97 Å². The van der Waals surface area contributed by atoms with E-state index in [9.17, 15) is 4.79 Å². The Balaban J connectivity index is 2.03. The van der Waals surface area contributed by atoms with E-state index in [0.29, 0.717) is 11.8 Å². The van der Waals surface area contributed by atoms with E-state index in [2.05, 4.69) is 4.98 Å². The zero-order chi connectivity index (χ0) is 10.1. The largest absolute Gasteiger partial charge is 0.481 e. The summed E-state index contributed by atoms with van der Waals surface area (Å²) in [7, 11) is 0. The number of carboxylic acids is 1. The van der Waals surface area contributed by atoms with Gasteiger partial charge in [0.05, 0.1) is 5.92 Å². The van der Waals surface area contributed by atoms with Crippen molar-refractivity contribution in [3.8, 4) is 0 Å². The van der Waals surface area contributed by atoms with Crippen LogP contribution in [-0.4, -0.2) is 16.1 Å². The summed E-state index contributed by atoms with van der Waals surface area (Å²) in [6.07, 6.45) is 4.56. The third kappa shape index (κ3) is 1.62. The minimum absolute atomic E-state index is 0.236. The molecule has 3 heteroatoms. The number of aromatic nitrogens is 1. The summed E-state index contributed by atoms with van der Waals surface area (Å²) in [5, 5.41) is 8.84. The van der Waals surface area contributed by atoms with Crippen molar-refractivity contribution in [1.82, 2.24) is 4.98 Å². The van der Waals surface area contributed by atoms with Gasteiger partial charge >= 0.3 is 5.97 Å². The zero-order valence-electron chi connectivity index (χ0n) is 8.05. The maximum absolute atomic E-state index is 10.7. The number of carbonyl (C=O) groups is 1. The van der Waals surface area contributed by atoms with Crippen LogP contribution in [0.2, 0.25) is 0 Å². The summed E-state index contributed by atoms with van der Waals surface area (Å²) < 4.78 is 0. The van der Waals surface area contributed by atoms with Gasteiger partial charge in [-0.1, -0.05) is 13.0 Å². The Morgan fingerprint density at radius 3 is 3.07 bits per heavy atom. The maximum Gasteiger partial charge on any atom is 0.306 e. The molecule has 2 rings (SSSR count). The van der Waals surface area contributed by atoms with E-state index in [-0.39, 0.29) is 5.92 Å². The lowest BCUT2D eigenvalue weighted by atomic mass is 10.0. The first-order valence-electron chi connectivity index (χ1n) is 4.83. The summed E-state index contributed by atoms with van der Waals surface area (Å²) in [4.78, 5) is 14.8. The van der Waals surface area contributed by atoms with Crippen LogP contribution in [-0.2, 0) is 4.79 Å². The number of rotatable bonds is 3. The normalized spacial score (nSPS) is 26.9. The fourth-order valence-electron chi connectivity index (χ4n) is 1.93. The molecule has 0 bridgehead atoms. The lowest BCUT2D eigenvalue weighted by Gasteiger charge is -2.04. The van der Waals surface area contributed by atoms with Crippen LogP contribution < -0.4 is 0 Å². The van der Waals surface area contributed by atoms with Gasteiger partial charge in [0.2, 0.25) is 0 Å². The quantitative estimate of drug-likeness (QED) is 0.793. The van der Waals surface area contributed by atoms with Gasteiger partial charge in [0, 0.05) is 12.4 Å². The predicted octanol–water partition coefficient (Wildman–Crippen LogP) is 1.91. The van der Waals surface area contributed by atoms with Crippen molar-refractivity contribution < 1.29 is 9.90 Å². The molecule has 0 aromatic carbocycles. The van der Waals surface area contributed by atoms with Crippen molar-refractivity contribution in [2.24, 2.45) is 11.8 Å². The van der Waals surface area contributed by atoms with Gasteiger partial charge in [-0.25, -0.2) is 0 Å². The van der Waals surface area contributed by atoms with Gasteiger partial charge in [0.25, 0.3) is 0 Å².